The van der Waals surface area contributed by atoms with Crippen LogP contribution in [0.3, 0.4) is 0 Å². The molecule has 0 amide bonds. The zero-order valence-corrected chi connectivity index (χ0v) is 15.1. The van der Waals surface area contributed by atoms with Crippen molar-refractivity contribution in [2.45, 2.75) is 0 Å². The topological polar surface area (TPSA) is 68.4 Å². The first-order valence-electron chi connectivity index (χ1n) is 8.37. The number of benzene rings is 2. The Morgan fingerprint density at radius 3 is 1.93 bits per heavy atom. The minimum atomic E-state index is -0.610. The van der Waals surface area contributed by atoms with Gasteiger partial charge in [0.1, 0.15) is 5.56 Å². The molecule has 5 nitrogen and oxygen atoms in total. The van der Waals surface area contributed by atoms with Crippen LogP contribution in [-0.4, -0.2) is 31.1 Å². The lowest BCUT2D eigenvalue weighted by molar-refractivity contribution is 0.0557. The molecule has 5 heteroatoms. The average molecular weight is 361 g/mol. The van der Waals surface area contributed by atoms with Gasteiger partial charge in [-0.25, -0.2) is 9.59 Å². The van der Waals surface area contributed by atoms with Gasteiger partial charge in [0.05, 0.1) is 31.2 Å². The van der Waals surface area contributed by atoms with Crippen LogP contribution in [0.15, 0.2) is 60.7 Å². The van der Waals surface area contributed by atoms with Crippen LogP contribution in [0, 0.1) is 0 Å². The van der Waals surface area contributed by atoms with Crippen LogP contribution in [0.2, 0.25) is 0 Å². The van der Waals surface area contributed by atoms with E-state index in [1.807, 2.05) is 66.7 Å². The summed E-state index contributed by atoms with van der Waals surface area (Å²) < 4.78 is 9.83. The SMILES string of the molecule is COC(=O)c1c(/C=C/c2ccccc2)[nH]c(-c2ccccc2)c1C(=O)OC. The van der Waals surface area contributed by atoms with Gasteiger partial charge in [0.2, 0.25) is 0 Å². The first kappa shape index (κ1) is 18.2. The summed E-state index contributed by atoms with van der Waals surface area (Å²) in [6.45, 7) is 0. The first-order valence-corrected chi connectivity index (χ1v) is 8.37. The van der Waals surface area contributed by atoms with Gasteiger partial charge < -0.3 is 14.5 Å². The molecular weight excluding hydrogens is 342 g/mol. The standard InChI is InChI=1S/C22H19NO4/c1-26-21(24)18-17(14-13-15-9-5-3-6-10-15)23-20(19(18)22(25)27-2)16-11-7-4-8-12-16/h3-14,23H,1-2H3/b14-13+. The third kappa shape index (κ3) is 3.82. The van der Waals surface area contributed by atoms with Crippen molar-refractivity contribution in [1.82, 2.24) is 4.98 Å². The van der Waals surface area contributed by atoms with E-state index in [-0.39, 0.29) is 11.1 Å². The van der Waals surface area contributed by atoms with Crippen LogP contribution >= 0.6 is 0 Å². The van der Waals surface area contributed by atoms with Crippen LogP contribution in [0.1, 0.15) is 32.0 Å². The molecule has 0 bridgehead atoms. The lowest BCUT2D eigenvalue weighted by Crippen LogP contribution is -2.11. The van der Waals surface area contributed by atoms with Crippen molar-refractivity contribution in [3.05, 3.63) is 83.0 Å². The predicted molar refractivity (Wildman–Crippen MR) is 104 cm³/mol. The molecule has 0 saturated carbocycles. The van der Waals surface area contributed by atoms with E-state index >= 15 is 0 Å². The molecule has 0 aliphatic carbocycles. The highest BCUT2D eigenvalue weighted by Crippen LogP contribution is 2.30. The number of aromatic nitrogens is 1. The lowest BCUT2D eigenvalue weighted by atomic mass is 10.0. The molecule has 1 aromatic heterocycles. The summed E-state index contributed by atoms with van der Waals surface area (Å²) in [6, 6.07) is 18.9. The molecule has 0 saturated heterocycles. The number of rotatable bonds is 5. The summed E-state index contributed by atoms with van der Waals surface area (Å²) in [5.74, 6) is -1.22. The Kier molecular flexibility index (Phi) is 5.52. The Morgan fingerprint density at radius 1 is 0.778 bits per heavy atom. The Morgan fingerprint density at radius 2 is 1.33 bits per heavy atom. The highest BCUT2D eigenvalue weighted by molar-refractivity contribution is 6.10. The molecule has 3 aromatic rings. The van der Waals surface area contributed by atoms with Crippen LogP contribution in [0.25, 0.3) is 23.4 Å². The van der Waals surface area contributed by atoms with Gasteiger partial charge in [0.15, 0.2) is 0 Å². The van der Waals surface area contributed by atoms with Crippen molar-refractivity contribution in [3.8, 4) is 11.3 Å². The normalized spacial score (nSPS) is 10.7. The number of methoxy groups -OCH3 is 2. The largest absolute Gasteiger partial charge is 0.465 e. The summed E-state index contributed by atoms with van der Waals surface area (Å²) in [5.41, 5.74) is 3.02. The quantitative estimate of drug-likeness (QED) is 0.683. The second-order valence-corrected chi connectivity index (χ2v) is 5.76. The van der Waals surface area contributed by atoms with Gasteiger partial charge in [-0.15, -0.1) is 0 Å². The monoisotopic (exact) mass is 361 g/mol. The van der Waals surface area contributed by atoms with Gasteiger partial charge in [-0.05, 0) is 17.2 Å². The van der Waals surface area contributed by atoms with Crippen LogP contribution < -0.4 is 0 Å². The number of carbonyl (C=O) groups excluding carboxylic acids is 2. The molecule has 0 fully saturated rings. The third-order valence-electron chi connectivity index (χ3n) is 4.11. The maximum atomic E-state index is 12.5. The number of nitrogens with one attached hydrogen (secondary N) is 1. The molecule has 27 heavy (non-hydrogen) atoms. The number of hydrogen-bond acceptors (Lipinski definition) is 4. The highest BCUT2D eigenvalue weighted by Gasteiger charge is 2.28. The van der Waals surface area contributed by atoms with Crippen molar-refractivity contribution >= 4 is 24.1 Å². The van der Waals surface area contributed by atoms with E-state index in [1.165, 1.54) is 14.2 Å². The molecular formula is C22H19NO4. The average Bonchev–Trinajstić information content (AvgIpc) is 3.12. The zero-order valence-electron chi connectivity index (χ0n) is 15.1. The van der Waals surface area contributed by atoms with Crippen LogP contribution in [0.5, 0.6) is 0 Å². The molecule has 136 valence electrons. The van der Waals surface area contributed by atoms with E-state index in [1.54, 1.807) is 6.08 Å². The number of ether oxygens (including phenoxy) is 2. The number of esters is 2. The second kappa shape index (κ2) is 8.19. The zero-order chi connectivity index (χ0) is 19.2. The molecule has 2 aromatic carbocycles. The van der Waals surface area contributed by atoms with Gasteiger partial charge in [-0.3, -0.25) is 0 Å². The van der Waals surface area contributed by atoms with Crippen molar-refractivity contribution in [3.63, 3.8) is 0 Å². The molecule has 0 unspecified atom stereocenters. The summed E-state index contributed by atoms with van der Waals surface area (Å²) in [4.78, 5) is 28.1. The summed E-state index contributed by atoms with van der Waals surface area (Å²) in [6.07, 6.45) is 3.61. The maximum absolute atomic E-state index is 12.5. The third-order valence-corrected chi connectivity index (χ3v) is 4.11. The Bertz CT molecular complexity index is 972. The molecule has 0 atom stereocenters. The van der Waals surface area contributed by atoms with Gasteiger partial charge in [0.25, 0.3) is 0 Å². The van der Waals surface area contributed by atoms with Crippen molar-refractivity contribution in [2.24, 2.45) is 0 Å². The fourth-order valence-electron chi connectivity index (χ4n) is 2.83. The Balaban J connectivity index is 2.20. The molecule has 1 N–H and O–H groups in total. The van der Waals surface area contributed by atoms with Crippen LogP contribution in [-0.2, 0) is 9.47 Å². The van der Waals surface area contributed by atoms with E-state index in [4.69, 9.17) is 9.47 Å². The number of aromatic amines is 1. The van der Waals surface area contributed by atoms with Crippen molar-refractivity contribution in [1.29, 1.82) is 0 Å². The highest BCUT2D eigenvalue weighted by atomic mass is 16.5. The van der Waals surface area contributed by atoms with Gasteiger partial charge in [0, 0.05) is 0 Å². The van der Waals surface area contributed by atoms with Crippen molar-refractivity contribution < 1.29 is 19.1 Å². The first-order chi connectivity index (χ1) is 13.2. The van der Waals surface area contributed by atoms with Gasteiger partial charge in [-0.2, -0.15) is 0 Å². The van der Waals surface area contributed by atoms with E-state index in [0.29, 0.717) is 11.4 Å². The molecule has 0 spiro atoms. The van der Waals surface area contributed by atoms with E-state index in [9.17, 15) is 9.59 Å². The number of H-pyrrole nitrogens is 1. The lowest BCUT2D eigenvalue weighted by Gasteiger charge is -2.05. The minimum Gasteiger partial charge on any atom is -0.465 e. The van der Waals surface area contributed by atoms with Gasteiger partial charge >= 0.3 is 11.9 Å². The minimum absolute atomic E-state index is 0.149. The number of hydrogen-bond donors (Lipinski definition) is 1. The Labute approximate surface area is 157 Å². The fraction of sp³-hybridized carbons (Fsp3) is 0.0909. The maximum Gasteiger partial charge on any atom is 0.340 e. The van der Waals surface area contributed by atoms with Crippen molar-refractivity contribution in [2.75, 3.05) is 14.2 Å². The van der Waals surface area contributed by atoms with Crippen LogP contribution in [0.4, 0.5) is 0 Å². The summed E-state index contributed by atoms with van der Waals surface area (Å²) in [7, 11) is 2.56. The van der Waals surface area contributed by atoms with E-state index in [0.717, 1.165) is 11.1 Å². The molecule has 1 heterocycles. The fourth-order valence-corrected chi connectivity index (χ4v) is 2.83. The molecule has 0 aliphatic rings. The summed E-state index contributed by atoms with van der Waals surface area (Å²) >= 11 is 0. The van der Waals surface area contributed by atoms with E-state index < -0.39 is 11.9 Å². The smallest absolute Gasteiger partial charge is 0.340 e. The summed E-state index contributed by atoms with van der Waals surface area (Å²) in [5, 5.41) is 0. The molecule has 3 rings (SSSR count). The second-order valence-electron chi connectivity index (χ2n) is 5.76. The predicted octanol–water partition coefficient (Wildman–Crippen LogP) is 4.43. The number of carbonyl (C=O) groups is 2. The van der Waals surface area contributed by atoms with Gasteiger partial charge in [-0.1, -0.05) is 66.7 Å². The molecule has 0 radical (unpaired) electrons. The Hall–Kier alpha value is -3.60. The molecule has 0 aliphatic heterocycles. The van der Waals surface area contributed by atoms with E-state index in [2.05, 4.69) is 4.98 Å².